The van der Waals surface area contributed by atoms with Gasteiger partial charge >= 0.3 is 0 Å². The standard InChI is InChI=1S/C20H33NO/c1-7-19(4)14-18(22-6)16(3)20(5,8-2)21(19)15-17-12-10-9-11-13-17/h9-13,16,18H,7-8,14-15H2,1-6H3. The molecule has 2 heteroatoms. The van der Waals surface area contributed by atoms with Crippen LogP contribution in [0.15, 0.2) is 30.3 Å². The van der Waals surface area contributed by atoms with Crippen LogP contribution in [0.4, 0.5) is 0 Å². The molecule has 4 unspecified atom stereocenters. The number of likely N-dealkylation sites (tertiary alicyclic amines) is 1. The van der Waals surface area contributed by atoms with Crippen molar-refractivity contribution in [3.8, 4) is 0 Å². The van der Waals surface area contributed by atoms with Crippen molar-refractivity contribution < 1.29 is 4.74 Å². The van der Waals surface area contributed by atoms with Crippen molar-refractivity contribution in [1.29, 1.82) is 0 Å². The first kappa shape index (κ1) is 17.5. The Bertz CT molecular complexity index is 474. The van der Waals surface area contributed by atoms with Crippen LogP contribution in [0.25, 0.3) is 0 Å². The minimum absolute atomic E-state index is 0.166. The van der Waals surface area contributed by atoms with E-state index in [0.717, 1.165) is 25.8 Å². The SMILES string of the molecule is CCC1(C)CC(OC)C(C)C(C)(CC)N1Cc1ccccc1. The first-order valence-electron chi connectivity index (χ1n) is 8.75. The van der Waals surface area contributed by atoms with Crippen LogP contribution in [0.2, 0.25) is 0 Å². The predicted molar refractivity (Wildman–Crippen MR) is 94.0 cm³/mol. The molecule has 22 heavy (non-hydrogen) atoms. The molecule has 0 spiro atoms. The Morgan fingerprint density at radius 3 is 2.27 bits per heavy atom. The molecule has 0 radical (unpaired) electrons. The van der Waals surface area contributed by atoms with Crippen LogP contribution in [0.5, 0.6) is 0 Å². The summed E-state index contributed by atoms with van der Waals surface area (Å²) in [5.41, 5.74) is 1.76. The van der Waals surface area contributed by atoms with Crippen LogP contribution < -0.4 is 0 Å². The molecule has 124 valence electrons. The molecule has 1 aliphatic heterocycles. The number of hydrogen-bond donors (Lipinski definition) is 0. The summed E-state index contributed by atoms with van der Waals surface area (Å²) in [7, 11) is 1.88. The predicted octanol–water partition coefficient (Wildman–Crippen LogP) is 4.88. The van der Waals surface area contributed by atoms with Crippen LogP contribution in [0.3, 0.4) is 0 Å². The molecule has 1 aromatic carbocycles. The van der Waals surface area contributed by atoms with Crippen LogP contribution >= 0.6 is 0 Å². The summed E-state index contributed by atoms with van der Waals surface area (Å²) < 4.78 is 5.87. The molecule has 0 aliphatic carbocycles. The molecule has 2 rings (SSSR count). The van der Waals surface area contributed by atoms with Gasteiger partial charge in [-0.2, -0.15) is 0 Å². The largest absolute Gasteiger partial charge is 0.381 e. The number of piperidine rings is 1. The third-order valence-corrected chi connectivity index (χ3v) is 6.41. The number of methoxy groups -OCH3 is 1. The lowest BCUT2D eigenvalue weighted by molar-refractivity contribution is -0.150. The fourth-order valence-electron chi connectivity index (χ4n) is 4.26. The van der Waals surface area contributed by atoms with Gasteiger partial charge in [-0.1, -0.05) is 51.1 Å². The van der Waals surface area contributed by atoms with Gasteiger partial charge in [0.05, 0.1) is 6.10 Å². The highest BCUT2D eigenvalue weighted by molar-refractivity contribution is 5.17. The fraction of sp³-hybridized carbons (Fsp3) is 0.700. The molecule has 0 saturated carbocycles. The molecule has 4 atom stereocenters. The molecule has 0 N–H and O–H groups in total. The van der Waals surface area contributed by atoms with E-state index in [4.69, 9.17) is 4.74 Å². The third kappa shape index (κ3) is 2.96. The summed E-state index contributed by atoms with van der Waals surface area (Å²) in [6, 6.07) is 10.9. The van der Waals surface area contributed by atoms with Crippen molar-refractivity contribution >= 4 is 0 Å². The minimum atomic E-state index is 0.166. The van der Waals surface area contributed by atoms with Crippen molar-refractivity contribution in [2.24, 2.45) is 5.92 Å². The summed E-state index contributed by atoms with van der Waals surface area (Å²) in [5.74, 6) is 0.533. The normalized spacial score (nSPS) is 36.5. The van der Waals surface area contributed by atoms with Crippen molar-refractivity contribution in [2.75, 3.05) is 7.11 Å². The van der Waals surface area contributed by atoms with Crippen molar-refractivity contribution in [3.63, 3.8) is 0 Å². The van der Waals surface area contributed by atoms with Crippen LogP contribution in [0.1, 0.15) is 59.4 Å². The first-order chi connectivity index (χ1) is 10.4. The maximum atomic E-state index is 5.87. The van der Waals surface area contributed by atoms with E-state index >= 15 is 0 Å². The van der Waals surface area contributed by atoms with Gasteiger partial charge in [-0.3, -0.25) is 4.90 Å². The second kappa shape index (κ2) is 6.72. The van der Waals surface area contributed by atoms with Gasteiger partial charge in [0.2, 0.25) is 0 Å². The van der Waals surface area contributed by atoms with E-state index in [1.54, 1.807) is 0 Å². The number of nitrogens with zero attached hydrogens (tertiary/aromatic N) is 1. The Kier molecular flexibility index (Phi) is 5.34. The molecule has 1 saturated heterocycles. The molecule has 1 aromatic rings. The monoisotopic (exact) mass is 303 g/mol. The number of ether oxygens (including phenoxy) is 1. The molecule has 2 nitrogen and oxygen atoms in total. The quantitative estimate of drug-likeness (QED) is 0.768. The topological polar surface area (TPSA) is 12.5 Å². The zero-order valence-electron chi connectivity index (χ0n) is 15.2. The van der Waals surface area contributed by atoms with Crippen LogP contribution in [0, 0.1) is 5.92 Å². The van der Waals surface area contributed by atoms with E-state index in [2.05, 4.69) is 69.9 Å². The van der Waals surface area contributed by atoms with Gasteiger partial charge < -0.3 is 4.74 Å². The lowest BCUT2D eigenvalue weighted by Gasteiger charge is -2.60. The number of hydrogen-bond acceptors (Lipinski definition) is 2. The Hall–Kier alpha value is -0.860. The van der Waals surface area contributed by atoms with Gasteiger partial charge in [0.25, 0.3) is 0 Å². The molecule has 0 aromatic heterocycles. The molecular formula is C20H33NO. The highest BCUT2D eigenvalue weighted by Crippen LogP contribution is 2.47. The van der Waals surface area contributed by atoms with E-state index in [0.29, 0.717) is 12.0 Å². The van der Waals surface area contributed by atoms with Gasteiger partial charge in [-0.25, -0.2) is 0 Å². The molecule has 1 heterocycles. The minimum Gasteiger partial charge on any atom is -0.381 e. The smallest absolute Gasteiger partial charge is 0.0631 e. The molecule has 1 fully saturated rings. The van der Waals surface area contributed by atoms with E-state index in [9.17, 15) is 0 Å². The number of benzene rings is 1. The Balaban J connectivity index is 2.40. The number of rotatable bonds is 5. The highest BCUT2D eigenvalue weighted by atomic mass is 16.5. The zero-order valence-corrected chi connectivity index (χ0v) is 15.2. The maximum Gasteiger partial charge on any atom is 0.0631 e. The van der Waals surface area contributed by atoms with Gasteiger partial charge in [-0.15, -0.1) is 0 Å². The van der Waals surface area contributed by atoms with Crippen molar-refractivity contribution in [3.05, 3.63) is 35.9 Å². The Labute approximate surface area is 136 Å². The van der Waals surface area contributed by atoms with Gasteiger partial charge in [-0.05, 0) is 38.7 Å². The highest BCUT2D eigenvalue weighted by Gasteiger charge is 2.52. The third-order valence-electron chi connectivity index (χ3n) is 6.41. The summed E-state index contributed by atoms with van der Waals surface area (Å²) in [6.07, 6.45) is 3.77. The Morgan fingerprint density at radius 2 is 1.77 bits per heavy atom. The van der Waals surface area contributed by atoms with Crippen LogP contribution in [-0.2, 0) is 11.3 Å². The van der Waals surface area contributed by atoms with Crippen molar-refractivity contribution in [1.82, 2.24) is 4.90 Å². The molecular weight excluding hydrogens is 270 g/mol. The maximum absolute atomic E-state index is 5.87. The van der Waals surface area contributed by atoms with Gasteiger partial charge in [0.1, 0.15) is 0 Å². The lowest BCUT2D eigenvalue weighted by atomic mass is 9.67. The van der Waals surface area contributed by atoms with E-state index < -0.39 is 0 Å². The summed E-state index contributed by atoms with van der Waals surface area (Å²) in [4.78, 5) is 2.76. The summed E-state index contributed by atoms with van der Waals surface area (Å²) in [6.45, 7) is 12.9. The van der Waals surface area contributed by atoms with Gasteiger partial charge in [0, 0.05) is 30.7 Å². The second-order valence-corrected chi connectivity index (χ2v) is 7.40. The molecule has 0 amide bonds. The van der Waals surface area contributed by atoms with Crippen LogP contribution in [-0.4, -0.2) is 29.2 Å². The molecule has 1 aliphatic rings. The van der Waals surface area contributed by atoms with E-state index in [1.807, 2.05) is 7.11 Å². The Morgan fingerprint density at radius 1 is 1.14 bits per heavy atom. The first-order valence-corrected chi connectivity index (χ1v) is 8.75. The van der Waals surface area contributed by atoms with E-state index in [-0.39, 0.29) is 11.1 Å². The summed E-state index contributed by atoms with van der Waals surface area (Å²) >= 11 is 0. The lowest BCUT2D eigenvalue weighted by Crippen LogP contribution is -2.67. The molecule has 0 bridgehead atoms. The van der Waals surface area contributed by atoms with Gasteiger partial charge in [0.15, 0.2) is 0 Å². The van der Waals surface area contributed by atoms with E-state index in [1.165, 1.54) is 5.56 Å². The van der Waals surface area contributed by atoms with Crippen molar-refractivity contribution in [2.45, 2.75) is 77.6 Å². The second-order valence-electron chi connectivity index (χ2n) is 7.40. The average molecular weight is 303 g/mol. The fourth-order valence-corrected chi connectivity index (χ4v) is 4.26. The zero-order chi connectivity index (χ0) is 16.4. The average Bonchev–Trinajstić information content (AvgIpc) is 2.56. The summed E-state index contributed by atoms with van der Waals surface area (Å²) in [5, 5.41) is 0.